The fourth-order valence-corrected chi connectivity index (χ4v) is 1.77. The molecule has 0 bridgehead atoms. The Hall–Kier alpha value is -1.35. The third kappa shape index (κ3) is 2.83. The molecule has 0 aliphatic heterocycles. The second-order valence-electron chi connectivity index (χ2n) is 4.18. The van der Waals surface area contributed by atoms with Crippen molar-refractivity contribution in [1.29, 1.82) is 0 Å². The van der Waals surface area contributed by atoms with E-state index in [1.54, 1.807) is 6.92 Å². The zero-order chi connectivity index (χ0) is 12.0. The standard InChI is InChI=1S/C13H18O3/c1-13(12(15)16,9-5-6-10-14)11-7-3-2-4-8-11/h2-4,7-8,14H,5-6,9-10H2,1H3,(H,15,16). The summed E-state index contributed by atoms with van der Waals surface area (Å²) in [6, 6.07) is 9.25. The van der Waals surface area contributed by atoms with Gasteiger partial charge in [0.1, 0.15) is 0 Å². The van der Waals surface area contributed by atoms with Crippen LogP contribution in [-0.4, -0.2) is 22.8 Å². The average molecular weight is 222 g/mol. The van der Waals surface area contributed by atoms with Crippen LogP contribution in [0, 0.1) is 0 Å². The summed E-state index contributed by atoms with van der Waals surface area (Å²) in [5.41, 5.74) is -0.0309. The van der Waals surface area contributed by atoms with E-state index in [9.17, 15) is 9.90 Å². The first-order valence-electron chi connectivity index (χ1n) is 5.51. The van der Waals surface area contributed by atoms with Crippen molar-refractivity contribution in [1.82, 2.24) is 0 Å². The number of aliphatic carboxylic acids is 1. The highest BCUT2D eigenvalue weighted by molar-refractivity contribution is 5.80. The molecule has 3 heteroatoms. The number of carboxylic acid groups (broad SMARTS) is 1. The lowest BCUT2D eigenvalue weighted by atomic mass is 9.78. The number of unbranched alkanes of at least 4 members (excludes halogenated alkanes) is 1. The lowest BCUT2D eigenvalue weighted by Crippen LogP contribution is -2.32. The van der Waals surface area contributed by atoms with Crippen molar-refractivity contribution in [3.05, 3.63) is 35.9 Å². The monoisotopic (exact) mass is 222 g/mol. The third-order valence-corrected chi connectivity index (χ3v) is 2.97. The van der Waals surface area contributed by atoms with Crippen molar-refractivity contribution in [3.8, 4) is 0 Å². The molecule has 0 heterocycles. The lowest BCUT2D eigenvalue weighted by Gasteiger charge is -2.25. The second kappa shape index (κ2) is 5.66. The number of benzene rings is 1. The molecule has 88 valence electrons. The Kier molecular flexibility index (Phi) is 4.50. The maximum atomic E-state index is 11.4. The van der Waals surface area contributed by atoms with E-state index in [1.807, 2.05) is 30.3 Å². The van der Waals surface area contributed by atoms with Crippen LogP contribution in [0.25, 0.3) is 0 Å². The highest BCUT2D eigenvalue weighted by Gasteiger charge is 2.34. The number of hydrogen-bond donors (Lipinski definition) is 2. The van der Waals surface area contributed by atoms with Gasteiger partial charge in [-0.15, -0.1) is 0 Å². The van der Waals surface area contributed by atoms with E-state index in [-0.39, 0.29) is 6.61 Å². The number of hydrogen-bond acceptors (Lipinski definition) is 2. The molecule has 3 nitrogen and oxygen atoms in total. The molecular weight excluding hydrogens is 204 g/mol. The van der Waals surface area contributed by atoms with Gasteiger partial charge in [0.2, 0.25) is 0 Å². The van der Waals surface area contributed by atoms with E-state index in [0.717, 1.165) is 5.56 Å². The largest absolute Gasteiger partial charge is 0.481 e. The molecule has 0 aliphatic rings. The summed E-state index contributed by atoms with van der Waals surface area (Å²) in [6.07, 6.45) is 1.91. The summed E-state index contributed by atoms with van der Waals surface area (Å²) in [7, 11) is 0. The minimum absolute atomic E-state index is 0.116. The van der Waals surface area contributed by atoms with Gasteiger partial charge in [-0.2, -0.15) is 0 Å². The maximum absolute atomic E-state index is 11.4. The van der Waals surface area contributed by atoms with Crippen molar-refractivity contribution in [2.75, 3.05) is 6.61 Å². The Balaban J connectivity index is 2.85. The fourth-order valence-electron chi connectivity index (χ4n) is 1.77. The minimum Gasteiger partial charge on any atom is -0.481 e. The number of carbonyl (C=O) groups is 1. The van der Waals surface area contributed by atoms with Gasteiger partial charge in [-0.1, -0.05) is 30.3 Å². The first-order valence-corrected chi connectivity index (χ1v) is 5.51. The summed E-state index contributed by atoms with van der Waals surface area (Å²) in [4.78, 5) is 11.4. The van der Waals surface area contributed by atoms with Gasteiger partial charge < -0.3 is 10.2 Å². The molecule has 16 heavy (non-hydrogen) atoms. The minimum atomic E-state index is -0.851. The fraction of sp³-hybridized carbons (Fsp3) is 0.462. The maximum Gasteiger partial charge on any atom is 0.313 e. The molecule has 0 spiro atoms. The third-order valence-electron chi connectivity index (χ3n) is 2.97. The topological polar surface area (TPSA) is 57.5 Å². The molecule has 1 unspecified atom stereocenters. The summed E-state index contributed by atoms with van der Waals surface area (Å²) in [6.45, 7) is 1.85. The van der Waals surface area contributed by atoms with Gasteiger partial charge in [0.15, 0.2) is 0 Å². The van der Waals surface area contributed by atoms with Crippen molar-refractivity contribution in [2.24, 2.45) is 0 Å². The van der Waals surface area contributed by atoms with Gasteiger partial charge in [0.05, 0.1) is 5.41 Å². The van der Waals surface area contributed by atoms with E-state index in [4.69, 9.17) is 5.11 Å². The van der Waals surface area contributed by atoms with Gasteiger partial charge in [0, 0.05) is 6.61 Å². The number of aliphatic hydroxyl groups is 1. The predicted octanol–water partition coefficient (Wildman–Crippen LogP) is 2.19. The van der Waals surface area contributed by atoms with Crippen molar-refractivity contribution in [2.45, 2.75) is 31.6 Å². The molecular formula is C13H18O3. The Morgan fingerprint density at radius 2 is 1.88 bits per heavy atom. The van der Waals surface area contributed by atoms with Crippen LogP contribution in [-0.2, 0) is 10.2 Å². The Bertz CT molecular complexity index is 334. The Labute approximate surface area is 95.7 Å². The normalized spacial score (nSPS) is 14.4. The van der Waals surface area contributed by atoms with Crippen LogP contribution in [0.1, 0.15) is 31.7 Å². The van der Waals surface area contributed by atoms with Crippen molar-refractivity contribution >= 4 is 5.97 Å². The summed E-state index contributed by atoms with van der Waals surface area (Å²) < 4.78 is 0. The van der Waals surface area contributed by atoms with Crippen LogP contribution in [0.3, 0.4) is 0 Å². The molecule has 1 aromatic carbocycles. The molecule has 1 atom stereocenters. The number of aliphatic hydroxyl groups excluding tert-OH is 1. The summed E-state index contributed by atoms with van der Waals surface area (Å²) in [5.74, 6) is -0.809. The average Bonchev–Trinajstić information content (AvgIpc) is 2.30. The van der Waals surface area contributed by atoms with Gasteiger partial charge in [-0.25, -0.2) is 0 Å². The van der Waals surface area contributed by atoms with Crippen molar-refractivity contribution < 1.29 is 15.0 Å². The van der Waals surface area contributed by atoms with Gasteiger partial charge in [-0.05, 0) is 31.7 Å². The molecule has 1 aromatic rings. The van der Waals surface area contributed by atoms with E-state index in [1.165, 1.54) is 0 Å². The highest BCUT2D eigenvalue weighted by Crippen LogP contribution is 2.29. The van der Waals surface area contributed by atoms with Crippen molar-refractivity contribution in [3.63, 3.8) is 0 Å². The zero-order valence-electron chi connectivity index (χ0n) is 9.52. The van der Waals surface area contributed by atoms with Crippen LogP contribution in [0.2, 0.25) is 0 Å². The smallest absolute Gasteiger partial charge is 0.313 e. The predicted molar refractivity (Wildman–Crippen MR) is 62.4 cm³/mol. The van der Waals surface area contributed by atoms with E-state index >= 15 is 0 Å². The molecule has 2 N–H and O–H groups in total. The van der Waals surface area contributed by atoms with Gasteiger partial charge in [0.25, 0.3) is 0 Å². The summed E-state index contributed by atoms with van der Waals surface area (Å²) >= 11 is 0. The first kappa shape index (κ1) is 12.7. The van der Waals surface area contributed by atoms with Crippen LogP contribution in [0.5, 0.6) is 0 Å². The first-order chi connectivity index (χ1) is 7.61. The van der Waals surface area contributed by atoms with E-state index in [2.05, 4.69) is 0 Å². The van der Waals surface area contributed by atoms with Crippen LogP contribution >= 0.6 is 0 Å². The van der Waals surface area contributed by atoms with Crippen LogP contribution < -0.4 is 0 Å². The highest BCUT2D eigenvalue weighted by atomic mass is 16.4. The summed E-state index contributed by atoms with van der Waals surface area (Å²) in [5, 5.41) is 18.0. The SMILES string of the molecule is CC(CCCCO)(C(=O)O)c1ccccc1. The zero-order valence-corrected chi connectivity index (χ0v) is 9.52. The Morgan fingerprint density at radius 1 is 1.25 bits per heavy atom. The quantitative estimate of drug-likeness (QED) is 0.725. The van der Waals surface area contributed by atoms with Crippen LogP contribution in [0.15, 0.2) is 30.3 Å². The Morgan fingerprint density at radius 3 is 2.38 bits per heavy atom. The molecule has 0 fully saturated rings. The van der Waals surface area contributed by atoms with Gasteiger partial charge >= 0.3 is 5.97 Å². The number of carboxylic acids is 1. The number of rotatable bonds is 6. The molecule has 0 saturated carbocycles. The van der Waals surface area contributed by atoms with Crippen LogP contribution in [0.4, 0.5) is 0 Å². The molecule has 0 aromatic heterocycles. The molecule has 0 radical (unpaired) electrons. The van der Waals surface area contributed by atoms with E-state index in [0.29, 0.717) is 19.3 Å². The lowest BCUT2D eigenvalue weighted by molar-refractivity contribution is -0.143. The molecule has 0 amide bonds. The molecule has 0 saturated heterocycles. The van der Waals surface area contributed by atoms with Gasteiger partial charge in [-0.3, -0.25) is 4.79 Å². The molecule has 0 aliphatic carbocycles. The second-order valence-corrected chi connectivity index (χ2v) is 4.18. The van der Waals surface area contributed by atoms with E-state index < -0.39 is 11.4 Å². The molecule has 1 rings (SSSR count).